The van der Waals surface area contributed by atoms with E-state index in [2.05, 4.69) is 20.7 Å². The Kier molecular flexibility index (Phi) is 3.56. The van der Waals surface area contributed by atoms with Crippen molar-refractivity contribution < 1.29 is 18.6 Å². The van der Waals surface area contributed by atoms with E-state index in [-0.39, 0.29) is 17.1 Å². The number of esters is 1. The van der Waals surface area contributed by atoms with E-state index in [1.807, 2.05) is 0 Å². The van der Waals surface area contributed by atoms with Gasteiger partial charge in [-0.3, -0.25) is 19.5 Å². The van der Waals surface area contributed by atoms with E-state index in [0.29, 0.717) is 15.4 Å². The Morgan fingerprint density at radius 2 is 2.00 bits per heavy atom. The highest BCUT2D eigenvalue weighted by atomic mass is 79.9. The van der Waals surface area contributed by atoms with Crippen LogP contribution >= 0.6 is 15.9 Å². The zero-order chi connectivity index (χ0) is 21.5. The first-order valence-electron chi connectivity index (χ1n) is 8.61. The van der Waals surface area contributed by atoms with Crippen LogP contribution in [0.3, 0.4) is 0 Å². The molecule has 3 rings (SSSR count). The summed E-state index contributed by atoms with van der Waals surface area (Å²) < 4.78 is 27.4. The largest absolute Gasteiger partial charge is 0.465 e. The van der Waals surface area contributed by atoms with Gasteiger partial charge in [-0.25, -0.2) is 4.79 Å². The molecular weight excluding hydrogens is 406 g/mol. The molecule has 0 aliphatic rings. The number of nitro groups is 1. The molecule has 0 saturated carbocycles. The fourth-order valence-electron chi connectivity index (χ4n) is 2.62. The van der Waals surface area contributed by atoms with Crippen molar-refractivity contribution in [2.75, 3.05) is 12.8 Å². The van der Waals surface area contributed by atoms with Gasteiger partial charge < -0.3 is 10.5 Å². The number of aromatic nitrogens is 1. The number of nitrogens with two attached hydrogens (primary N) is 1. The second kappa shape index (κ2) is 6.60. The van der Waals surface area contributed by atoms with Gasteiger partial charge >= 0.3 is 5.97 Å². The van der Waals surface area contributed by atoms with Crippen molar-refractivity contribution in [3.05, 3.63) is 73.0 Å². The van der Waals surface area contributed by atoms with Crippen molar-refractivity contribution in [3.63, 3.8) is 0 Å². The number of hydrogen-bond acceptors (Lipinski definition) is 6. The number of ether oxygens (including phenoxy) is 1. The molecule has 3 aromatic rings. The molecule has 0 fully saturated rings. The van der Waals surface area contributed by atoms with Gasteiger partial charge in [0, 0.05) is 27.7 Å². The van der Waals surface area contributed by atoms with Gasteiger partial charge in [0.15, 0.2) is 0 Å². The number of fused-ring (bicyclic) bond motifs is 1. The topological polar surface area (TPSA) is 117 Å². The van der Waals surface area contributed by atoms with Crippen LogP contribution in [-0.4, -0.2) is 22.5 Å². The average molecular weight is 421 g/mol. The Hall–Kier alpha value is -3.20. The molecule has 1 aromatic heterocycles. The maximum Gasteiger partial charge on any atom is 0.345 e. The third kappa shape index (κ3) is 2.82. The lowest BCUT2D eigenvalue weighted by atomic mass is 10.1. The van der Waals surface area contributed by atoms with E-state index in [9.17, 15) is 19.7 Å². The maximum absolute atomic E-state index is 13.1. The lowest BCUT2D eigenvalue weighted by molar-refractivity contribution is -0.384. The summed E-state index contributed by atoms with van der Waals surface area (Å²) in [4.78, 5) is 35.8. The van der Waals surface area contributed by atoms with Crippen LogP contribution < -0.4 is 11.3 Å². The van der Waals surface area contributed by atoms with Crippen LogP contribution in [0.4, 0.5) is 11.4 Å². The van der Waals surface area contributed by atoms with Crippen molar-refractivity contribution in [3.8, 4) is 5.69 Å². The molecule has 0 saturated heterocycles. The van der Waals surface area contributed by atoms with Gasteiger partial charge in [0.1, 0.15) is 5.56 Å². The number of methoxy groups -OCH3 is 1. The number of benzene rings is 2. The van der Waals surface area contributed by atoms with Crippen molar-refractivity contribution in [1.82, 2.24) is 4.57 Å². The summed E-state index contributed by atoms with van der Waals surface area (Å²) in [6.07, 6.45) is 0. The third-order valence-corrected chi connectivity index (χ3v) is 4.29. The highest BCUT2D eigenvalue weighted by Crippen LogP contribution is 2.28. The zero-order valence-electron chi connectivity index (χ0n) is 15.9. The molecule has 0 aliphatic heterocycles. The molecule has 0 bridgehead atoms. The number of hydrogen-bond donors (Lipinski definition) is 1. The Labute approximate surface area is 159 Å². The average Bonchev–Trinajstić information content (AvgIpc) is 2.60. The number of non-ortho nitro benzene ring substituents is 1. The number of pyridine rings is 1. The molecule has 1 heterocycles. The molecule has 2 aromatic carbocycles. The van der Waals surface area contributed by atoms with E-state index in [1.54, 1.807) is 18.2 Å². The normalized spacial score (nSPS) is 12.9. The Morgan fingerprint density at radius 3 is 2.62 bits per heavy atom. The smallest absolute Gasteiger partial charge is 0.345 e. The summed E-state index contributed by atoms with van der Waals surface area (Å²) in [6.45, 7) is 0. The molecule has 0 spiro atoms. The van der Waals surface area contributed by atoms with Crippen LogP contribution in [0.2, 0.25) is 0 Å². The van der Waals surface area contributed by atoms with Gasteiger partial charge in [0.05, 0.1) is 27.3 Å². The van der Waals surface area contributed by atoms with Crippen molar-refractivity contribution in [2.45, 2.75) is 0 Å². The molecule has 26 heavy (non-hydrogen) atoms. The number of carbonyl (C=O) groups is 1. The van der Waals surface area contributed by atoms with Gasteiger partial charge in [-0.05, 0) is 30.3 Å². The molecule has 0 aliphatic carbocycles. The predicted molar refractivity (Wildman–Crippen MR) is 99.7 cm³/mol. The summed E-state index contributed by atoms with van der Waals surface area (Å²) >= 11 is 3.29. The first kappa shape index (κ1) is 14.0. The quantitative estimate of drug-likeness (QED) is 0.395. The third-order valence-electron chi connectivity index (χ3n) is 3.79. The standard InChI is InChI=1S/C17H12BrN3O5/c1-26-17(23)14-15(19)12-7-2-9(18)8-13(12)20(16(14)22)10-3-5-11(6-4-10)21(24)25/h2-8H,19H2,1H3/i1D3. The van der Waals surface area contributed by atoms with Crippen LogP contribution in [-0.2, 0) is 4.74 Å². The first-order chi connectivity index (χ1) is 13.5. The van der Waals surface area contributed by atoms with Gasteiger partial charge in [-0.2, -0.15) is 0 Å². The van der Waals surface area contributed by atoms with Crippen LogP contribution in [0.25, 0.3) is 16.6 Å². The lowest BCUT2D eigenvalue weighted by Crippen LogP contribution is -2.28. The number of carbonyl (C=O) groups excluding carboxylic acids is 1. The molecule has 0 radical (unpaired) electrons. The molecule has 9 heteroatoms. The van der Waals surface area contributed by atoms with Crippen LogP contribution in [0.5, 0.6) is 0 Å². The second-order valence-corrected chi connectivity index (χ2v) is 6.17. The number of anilines is 1. The summed E-state index contributed by atoms with van der Waals surface area (Å²) in [6, 6.07) is 9.80. The van der Waals surface area contributed by atoms with E-state index in [0.717, 1.165) is 4.57 Å². The minimum absolute atomic E-state index is 0.190. The Balaban J connectivity index is 2.35. The monoisotopic (exact) mass is 420 g/mol. The zero-order valence-corrected chi connectivity index (χ0v) is 14.5. The minimum atomic E-state index is -3.07. The van der Waals surface area contributed by atoms with Gasteiger partial charge in [-0.15, -0.1) is 0 Å². The van der Waals surface area contributed by atoms with Gasteiger partial charge in [0.2, 0.25) is 0 Å². The lowest BCUT2D eigenvalue weighted by Gasteiger charge is -2.15. The molecule has 0 amide bonds. The second-order valence-electron chi connectivity index (χ2n) is 5.25. The Bertz CT molecular complexity index is 1210. The molecular formula is C17H12BrN3O5. The van der Waals surface area contributed by atoms with Gasteiger partial charge in [0.25, 0.3) is 11.2 Å². The number of rotatable bonds is 3. The highest BCUT2D eigenvalue weighted by Gasteiger charge is 2.22. The van der Waals surface area contributed by atoms with E-state index < -0.39 is 29.1 Å². The molecule has 132 valence electrons. The van der Waals surface area contributed by atoms with Crippen molar-refractivity contribution in [1.29, 1.82) is 0 Å². The molecule has 0 atom stereocenters. The van der Waals surface area contributed by atoms with Crippen LogP contribution in [0, 0.1) is 10.1 Å². The Morgan fingerprint density at radius 1 is 1.31 bits per heavy atom. The number of nitro benzene ring substituents is 1. The maximum atomic E-state index is 13.1. The summed E-state index contributed by atoms with van der Waals surface area (Å²) in [5.74, 6) is -1.40. The van der Waals surface area contributed by atoms with Crippen molar-refractivity contribution >= 4 is 44.2 Å². The van der Waals surface area contributed by atoms with Crippen LogP contribution in [0.1, 0.15) is 14.5 Å². The minimum Gasteiger partial charge on any atom is -0.465 e. The molecule has 8 nitrogen and oxygen atoms in total. The molecule has 2 N–H and O–H groups in total. The van der Waals surface area contributed by atoms with E-state index >= 15 is 0 Å². The van der Waals surface area contributed by atoms with Crippen molar-refractivity contribution in [2.24, 2.45) is 0 Å². The van der Waals surface area contributed by atoms with E-state index in [1.165, 1.54) is 24.3 Å². The summed E-state index contributed by atoms with van der Waals surface area (Å²) in [7, 11) is -3.07. The number of halogens is 1. The summed E-state index contributed by atoms with van der Waals surface area (Å²) in [5.41, 5.74) is 4.53. The SMILES string of the molecule is [2H]C([2H])([2H])OC(=O)c1c(N)c2ccc(Br)cc2n(-c2ccc([N+](=O)[O-])cc2)c1=O. The number of nitrogens with zero attached hydrogens (tertiary/aromatic N) is 2. The van der Waals surface area contributed by atoms with Crippen LogP contribution in [0.15, 0.2) is 51.7 Å². The fraction of sp³-hybridized carbons (Fsp3) is 0.0588. The number of nitrogen functional groups attached to an aromatic ring is 1. The summed E-state index contributed by atoms with van der Waals surface area (Å²) in [5, 5.41) is 11.2. The van der Waals surface area contributed by atoms with E-state index in [4.69, 9.17) is 9.85 Å². The first-order valence-corrected chi connectivity index (χ1v) is 7.91. The highest BCUT2D eigenvalue weighted by molar-refractivity contribution is 9.10. The predicted octanol–water partition coefficient (Wildman–Crippen LogP) is 3.03. The molecule has 0 unspecified atom stereocenters. The fourth-order valence-corrected chi connectivity index (χ4v) is 2.97. The van der Waals surface area contributed by atoms with Gasteiger partial charge in [-0.1, -0.05) is 15.9 Å².